The number of para-hydroxylation sites is 2. The Morgan fingerprint density at radius 3 is 1.94 bits per heavy atom. The average Bonchev–Trinajstić information content (AvgIpc) is 3.43. The Kier molecular flexibility index (Phi) is 6.58. The lowest BCUT2D eigenvalue weighted by Gasteiger charge is -2.45. The number of phenols is 1. The van der Waals surface area contributed by atoms with Crippen LogP contribution in [-0.2, 0) is 20.7 Å². The van der Waals surface area contributed by atoms with Gasteiger partial charge >= 0.3 is 5.97 Å². The summed E-state index contributed by atoms with van der Waals surface area (Å²) >= 11 is 0. The zero-order valence-electron chi connectivity index (χ0n) is 19.8. The van der Waals surface area contributed by atoms with Gasteiger partial charge in [-0.2, -0.15) is 0 Å². The summed E-state index contributed by atoms with van der Waals surface area (Å²) < 4.78 is 6.36. The highest BCUT2D eigenvalue weighted by molar-refractivity contribution is 6.09. The number of aryl methyl sites for hydroxylation is 1. The summed E-state index contributed by atoms with van der Waals surface area (Å²) in [5, 5.41) is 9.62. The van der Waals surface area contributed by atoms with E-state index in [1.54, 1.807) is 12.1 Å². The van der Waals surface area contributed by atoms with E-state index >= 15 is 0 Å². The third-order valence-electron chi connectivity index (χ3n) is 7.50. The van der Waals surface area contributed by atoms with Gasteiger partial charge in [-0.05, 0) is 73.6 Å². The summed E-state index contributed by atoms with van der Waals surface area (Å²) in [5.74, 6) is -0.142. The summed E-state index contributed by atoms with van der Waals surface area (Å²) in [6, 6.07) is 25.2. The van der Waals surface area contributed by atoms with E-state index in [0.29, 0.717) is 12.8 Å². The van der Waals surface area contributed by atoms with Crippen LogP contribution in [0, 0.1) is 5.92 Å². The molecule has 1 N–H and O–H groups in total. The first kappa shape index (κ1) is 23.2. The highest BCUT2D eigenvalue weighted by atomic mass is 16.6. The molecule has 2 atom stereocenters. The van der Waals surface area contributed by atoms with E-state index in [9.17, 15) is 14.7 Å². The first-order valence-electron chi connectivity index (χ1n) is 12.5. The molecule has 1 saturated heterocycles. The van der Waals surface area contributed by atoms with Gasteiger partial charge in [0.25, 0.3) is 0 Å². The highest BCUT2D eigenvalue weighted by Crippen LogP contribution is 2.45. The molecule has 2 aliphatic rings. The predicted molar refractivity (Wildman–Crippen MR) is 136 cm³/mol. The maximum absolute atomic E-state index is 13.8. The van der Waals surface area contributed by atoms with Crippen molar-refractivity contribution in [3.8, 4) is 5.75 Å². The van der Waals surface area contributed by atoms with Crippen LogP contribution < -0.4 is 4.90 Å². The summed E-state index contributed by atoms with van der Waals surface area (Å²) in [4.78, 5) is 29.4. The fourth-order valence-electron chi connectivity index (χ4n) is 5.73. The summed E-state index contributed by atoms with van der Waals surface area (Å²) in [6.45, 7) is 0. The largest absolute Gasteiger partial charge is 0.508 e. The van der Waals surface area contributed by atoms with Crippen LogP contribution in [0.1, 0.15) is 44.1 Å². The molecule has 5 rings (SSSR count). The van der Waals surface area contributed by atoms with E-state index in [4.69, 9.17) is 4.74 Å². The van der Waals surface area contributed by atoms with Crippen LogP contribution in [0.2, 0.25) is 0 Å². The van der Waals surface area contributed by atoms with Crippen LogP contribution in [0.15, 0.2) is 84.9 Å². The molecule has 2 unspecified atom stereocenters. The van der Waals surface area contributed by atoms with Gasteiger partial charge in [0.05, 0.1) is 0 Å². The monoisotopic (exact) mass is 469 g/mol. The van der Waals surface area contributed by atoms with Crippen molar-refractivity contribution in [1.29, 1.82) is 0 Å². The number of Topliss-reactive ketones (excluding diaryl/α,β-unsaturated/α-hetero) is 1. The smallest absolute Gasteiger partial charge is 0.337 e. The second-order valence-corrected chi connectivity index (χ2v) is 9.72. The standard InChI is InChI=1S/C30H31NO4/c32-26-17-15-22(16-18-26)19-20-30(23-9-7-8-10-23)21-27(33)28(29(34)35-30)31(24-11-3-1-4-12-24)25-13-5-2-6-14-25/h1-6,11-18,23,28,32H,7-10,19-21H2. The van der Waals surface area contributed by atoms with E-state index in [1.807, 2.05) is 77.7 Å². The molecule has 0 aromatic heterocycles. The van der Waals surface area contributed by atoms with E-state index in [-0.39, 0.29) is 23.9 Å². The first-order valence-corrected chi connectivity index (χ1v) is 12.5. The van der Waals surface area contributed by atoms with E-state index < -0.39 is 17.6 Å². The molecule has 1 saturated carbocycles. The minimum atomic E-state index is -1.01. The number of hydrogen-bond donors (Lipinski definition) is 1. The lowest BCUT2D eigenvalue weighted by Crippen LogP contribution is -2.58. The molecular weight excluding hydrogens is 438 g/mol. The molecule has 5 nitrogen and oxygen atoms in total. The number of cyclic esters (lactones) is 1. The Bertz CT molecular complexity index is 1100. The maximum Gasteiger partial charge on any atom is 0.337 e. The average molecular weight is 470 g/mol. The van der Waals surface area contributed by atoms with Gasteiger partial charge in [-0.15, -0.1) is 0 Å². The van der Waals surface area contributed by atoms with Gasteiger partial charge in [0.15, 0.2) is 11.8 Å². The third kappa shape index (κ3) is 4.81. The maximum atomic E-state index is 13.8. The number of aromatic hydroxyl groups is 1. The Hall–Kier alpha value is -3.60. The second kappa shape index (κ2) is 9.95. The molecule has 180 valence electrons. The molecule has 0 bridgehead atoms. The molecule has 5 heteroatoms. The number of benzene rings is 3. The van der Waals surface area contributed by atoms with Gasteiger partial charge in [0.2, 0.25) is 0 Å². The molecule has 3 aromatic rings. The number of hydrogen-bond acceptors (Lipinski definition) is 5. The molecular formula is C30H31NO4. The zero-order valence-corrected chi connectivity index (χ0v) is 19.8. The Morgan fingerprint density at radius 1 is 0.829 bits per heavy atom. The fraction of sp³-hybridized carbons (Fsp3) is 0.333. The number of rotatable bonds is 7. The van der Waals surface area contributed by atoms with Crippen LogP contribution in [0.3, 0.4) is 0 Å². The zero-order chi connectivity index (χ0) is 24.3. The lowest BCUT2D eigenvalue weighted by molar-refractivity contribution is -0.180. The van der Waals surface area contributed by atoms with E-state index in [1.165, 1.54) is 0 Å². The number of nitrogens with zero attached hydrogens (tertiary/aromatic N) is 1. The first-order chi connectivity index (χ1) is 17.1. The van der Waals surface area contributed by atoms with Crippen LogP contribution in [-0.4, -0.2) is 28.5 Å². The number of ketones is 1. The molecule has 35 heavy (non-hydrogen) atoms. The third-order valence-corrected chi connectivity index (χ3v) is 7.50. The Balaban J connectivity index is 1.45. The van der Waals surface area contributed by atoms with Gasteiger partial charge in [0, 0.05) is 17.8 Å². The van der Waals surface area contributed by atoms with Gasteiger partial charge in [0.1, 0.15) is 11.4 Å². The molecule has 1 heterocycles. The van der Waals surface area contributed by atoms with Crippen molar-refractivity contribution in [2.75, 3.05) is 4.90 Å². The van der Waals surface area contributed by atoms with Crippen LogP contribution in [0.5, 0.6) is 5.75 Å². The van der Waals surface area contributed by atoms with Gasteiger partial charge < -0.3 is 14.7 Å². The molecule has 3 aromatic carbocycles. The van der Waals surface area contributed by atoms with E-state index in [0.717, 1.165) is 42.6 Å². The second-order valence-electron chi connectivity index (χ2n) is 9.72. The van der Waals surface area contributed by atoms with Crippen molar-refractivity contribution >= 4 is 23.1 Å². The lowest BCUT2D eigenvalue weighted by atomic mass is 9.75. The predicted octanol–water partition coefficient (Wildman–Crippen LogP) is 5.98. The van der Waals surface area contributed by atoms with Crippen molar-refractivity contribution in [1.82, 2.24) is 0 Å². The number of anilines is 2. The van der Waals surface area contributed by atoms with Crippen LogP contribution >= 0.6 is 0 Å². The van der Waals surface area contributed by atoms with Crippen molar-refractivity contribution in [3.63, 3.8) is 0 Å². The van der Waals surface area contributed by atoms with Crippen molar-refractivity contribution in [2.24, 2.45) is 5.92 Å². The topological polar surface area (TPSA) is 66.8 Å². The number of carbonyl (C=O) groups excluding carboxylic acids is 2. The number of carbonyl (C=O) groups is 2. The minimum Gasteiger partial charge on any atom is -0.508 e. The van der Waals surface area contributed by atoms with Crippen molar-refractivity contribution < 1.29 is 19.4 Å². The van der Waals surface area contributed by atoms with Crippen molar-refractivity contribution in [2.45, 2.75) is 56.6 Å². The Labute approximate surface area is 206 Å². The number of phenolic OH excluding ortho intramolecular Hbond substituents is 1. The minimum absolute atomic E-state index is 0.0911. The van der Waals surface area contributed by atoms with Gasteiger partial charge in [-0.3, -0.25) is 4.79 Å². The number of esters is 1. The van der Waals surface area contributed by atoms with Gasteiger partial charge in [-0.25, -0.2) is 4.79 Å². The highest BCUT2D eigenvalue weighted by Gasteiger charge is 2.53. The number of ether oxygens (including phenoxy) is 1. The summed E-state index contributed by atoms with van der Waals surface area (Å²) in [6.07, 6.45) is 5.65. The fourth-order valence-corrected chi connectivity index (χ4v) is 5.73. The molecule has 1 aliphatic heterocycles. The molecule has 0 amide bonds. The van der Waals surface area contributed by atoms with E-state index in [2.05, 4.69) is 0 Å². The molecule has 2 fully saturated rings. The summed E-state index contributed by atoms with van der Waals surface area (Å²) in [7, 11) is 0. The SMILES string of the molecule is O=C1CC(CCc2ccc(O)cc2)(C2CCCC2)OC(=O)C1N(c1ccccc1)c1ccccc1. The normalized spacial score (nSPS) is 22.7. The van der Waals surface area contributed by atoms with Gasteiger partial charge in [-0.1, -0.05) is 61.4 Å². The van der Waals surface area contributed by atoms with Crippen molar-refractivity contribution in [3.05, 3.63) is 90.5 Å². The Morgan fingerprint density at radius 2 is 1.40 bits per heavy atom. The summed E-state index contributed by atoms with van der Waals surface area (Å²) in [5.41, 5.74) is 1.84. The van der Waals surface area contributed by atoms with Crippen LogP contribution in [0.4, 0.5) is 11.4 Å². The quantitative estimate of drug-likeness (QED) is 0.341. The molecule has 0 spiro atoms. The molecule has 0 radical (unpaired) electrons. The molecule has 1 aliphatic carbocycles. The van der Waals surface area contributed by atoms with Crippen LogP contribution in [0.25, 0.3) is 0 Å².